The fourth-order valence-corrected chi connectivity index (χ4v) is 4.19. The number of aliphatic hydroxyl groups excluding tert-OH is 1. The van der Waals surface area contributed by atoms with E-state index in [0.717, 1.165) is 25.9 Å². The standard InChI is InChI=1S/C18H15N3O2S2/c22-17(20-9-12-8-19-10-24-12)11-5-6-16-14(7-11)21-18(23)13-3-1-2-4-15(13)25-16/h1-8,10,18,21,23H,9H2,(H,20,22). The van der Waals surface area contributed by atoms with E-state index in [9.17, 15) is 9.90 Å². The van der Waals surface area contributed by atoms with Crippen molar-refractivity contribution >= 4 is 34.7 Å². The Labute approximate surface area is 153 Å². The molecule has 1 unspecified atom stereocenters. The summed E-state index contributed by atoms with van der Waals surface area (Å²) in [6.45, 7) is 0.455. The molecule has 5 nitrogen and oxygen atoms in total. The number of nitrogens with one attached hydrogen (secondary N) is 2. The lowest BCUT2D eigenvalue weighted by Gasteiger charge is -2.14. The summed E-state index contributed by atoms with van der Waals surface area (Å²) in [5.74, 6) is -0.153. The van der Waals surface area contributed by atoms with Crippen molar-refractivity contribution in [3.63, 3.8) is 0 Å². The third-order valence-electron chi connectivity index (χ3n) is 3.87. The number of aromatic nitrogens is 1. The number of carbonyl (C=O) groups is 1. The minimum Gasteiger partial charge on any atom is -0.369 e. The average Bonchev–Trinajstić information content (AvgIpc) is 3.10. The van der Waals surface area contributed by atoms with Gasteiger partial charge in [0.15, 0.2) is 6.23 Å². The first-order chi connectivity index (χ1) is 12.2. The Hall–Kier alpha value is -2.35. The average molecular weight is 369 g/mol. The van der Waals surface area contributed by atoms with Gasteiger partial charge in [-0.25, -0.2) is 0 Å². The minimum absolute atomic E-state index is 0.153. The highest BCUT2D eigenvalue weighted by atomic mass is 32.2. The summed E-state index contributed by atoms with van der Waals surface area (Å²) in [6.07, 6.45) is 0.939. The van der Waals surface area contributed by atoms with E-state index in [-0.39, 0.29) is 5.91 Å². The van der Waals surface area contributed by atoms with Crippen LogP contribution in [0.25, 0.3) is 0 Å². The second-order valence-electron chi connectivity index (χ2n) is 5.55. The van der Waals surface area contributed by atoms with Gasteiger partial charge in [-0.2, -0.15) is 0 Å². The van der Waals surface area contributed by atoms with Crippen LogP contribution in [0.4, 0.5) is 5.69 Å². The van der Waals surface area contributed by atoms with Crippen molar-refractivity contribution in [1.29, 1.82) is 0 Å². The second-order valence-corrected chi connectivity index (χ2v) is 7.60. The van der Waals surface area contributed by atoms with E-state index < -0.39 is 6.23 Å². The molecule has 0 spiro atoms. The first-order valence-corrected chi connectivity index (χ1v) is 9.41. The molecular formula is C18H15N3O2S2. The summed E-state index contributed by atoms with van der Waals surface area (Å²) >= 11 is 3.08. The van der Waals surface area contributed by atoms with Crippen LogP contribution in [0.5, 0.6) is 0 Å². The van der Waals surface area contributed by atoms with Crippen LogP contribution in [0.2, 0.25) is 0 Å². The Morgan fingerprint density at radius 3 is 2.96 bits per heavy atom. The molecule has 1 amide bonds. The number of fused-ring (bicyclic) bond motifs is 2. The van der Waals surface area contributed by atoms with Gasteiger partial charge in [-0.05, 0) is 24.3 Å². The second kappa shape index (κ2) is 6.87. The van der Waals surface area contributed by atoms with Gasteiger partial charge in [0.2, 0.25) is 0 Å². The van der Waals surface area contributed by atoms with E-state index in [2.05, 4.69) is 15.6 Å². The van der Waals surface area contributed by atoms with Crippen LogP contribution in [0, 0.1) is 0 Å². The minimum atomic E-state index is -0.805. The summed E-state index contributed by atoms with van der Waals surface area (Å²) in [5, 5.41) is 16.4. The van der Waals surface area contributed by atoms with Crippen molar-refractivity contribution < 1.29 is 9.90 Å². The van der Waals surface area contributed by atoms with Crippen molar-refractivity contribution in [3.8, 4) is 0 Å². The van der Waals surface area contributed by atoms with Gasteiger partial charge in [0.1, 0.15) is 0 Å². The Morgan fingerprint density at radius 1 is 1.24 bits per heavy atom. The molecule has 126 valence electrons. The van der Waals surface area contributed by atoms with Crippen molar-refractivity contribution in [2.24, 2.45) is 0 Å². The predicted molar refractivity (Wildman–Crippen MR) is 98.9 cm³/mol. The van der Waals surface area contributed by atoms with E-state index in [0.29, 0.717) is 12.1 Å². The molecule has 1 aliphatic heterocycles. The van der Waals surface area contributed by atoms with Gasteiger partial charge in [0.05, 0.1) is 17.7 Å². The third-order valence-corrected chi connectivity index (χ3v) is 5.82. The lowest BCUT2D eigenvalue weighted by Crippen LogP contribution is -2.22. The Balaban J connectivity index is 1.56. The number of benzene rings is 2. The fraction of sp³-hybridized carbons (Fsp3) is 0.111. The molecule has 2 aromatic carbocycles. The molecule has 3 aromatic rings. The zero-order valence-electron chi connectivity index (χ0n) is 13.1. The Morgan fingerprint density at radius 2 is 2.12 bits per heavy atom. The van der Waals surface area contributed by atoms with Crippen molar-refractivity contribution in [2.75, 3.05) is 5.32 Å². The van der Waals surface area contributed by atoms with Gasteiger partial charge in [0, 0.05) is 32.0 Å². The monoisotopic (exact) mass is 369 g/mol. The van der Waals surface area contributed by atoms with Crippen LogP contribution < -0.4 is 10.6 Å². The maximum absolute atomic E-state index is 12.4. The number of hydrogen-bond acceptors (Lipinski definition) is 6. The lowest BCUT2D eigenvalue weighted by molar-refractivity contribution is 0.0951. The summed E-state index contributed by atoms with van der Waals surface area (Å²) in [5.41, 5.74) is 3.87. The van der Waals surface area contributed by atoms with E-state index in [4.69, 9.17) is 0 Å². The molecule has 0 saturated carbocycles. The number of amides is 1. The molecule has 1 atom stereocenters. The quantitative estimate of drug-likeness (QED) is 0.657. The first kappa shape index (κ1) is 16.1. The lowest BCUT2D eigenvalue weighted by atomic mass is 10.1. The highest BCUT2D eigenvalue weighted by Crippen LogP contribution is 2.41. The number of carbonyl (C=O) groups excluding carboxylic acids is 1. The molecule has 0 bridgehead atoms. The molecule has 4 rings (SSSR count). The number of hydrogen-bond donors (Lipinski definition) is 3. The normalized spacial score (nSPS) is 15.5. The molecule has 0 radical (unpaired) electrons. The molecule has 0 saturated heterocycles. The maximum atomic E-state index is 12.4. The van der Waals surface area contributed by atoms with E-state index >= 15 is 0 Å². The van der Waals surface area contributed by atoms with Gasteiger partial charge < -0.3 is 15.7 Å². The van der Waals surface area contributed by atoms with Crippen LogP contribution in [0.1, 0.15) is 27.0 Å². The van der Waals surface area contributed by atoms with Crippen LogP contribution in [0.3, 0.4) is 0 Å². The summed E-state index contributed by atoms with van der Waals surface area (Å²) in [6, 6.07) is 13.2. The summed E-state index contributed by atoms with van der Waals surface area (Å²) in [4.78, 5) is 19.4. The predicted octanol–water partition coefficient (Wildman–Crippen LogP) is 3.64. The van der Waals surface area contributed by atoms with Crippen molar-refractivity contribution in [3.05, 3.63) is 70.2 Å². The molecule has 1 aliphatic rings. The van der Waals surface area contributed by atoms with Gasteiger partial charge in [-0.15, -0.1) is 11.3 Å². The smallest absolute Gasteiger partial charge is 0.251 e. The van der Waals surface area contributed by atoms with Crippen LogP contribution >= 0.6 is 23.1 Å². The van der Waals surface area contributed by atoms with Gasteiger partial charge in [-0.1, -0.05) is 30.0 Å². The van der Waals surface area contributed by atoms with E-state index in [1.165, 1.54) is 11.3 Å². The van der Waals surface area contributed by atoms with Gasteiger partial charge in [-0.3, -0.25) is 9.78 Å². The van der Waals surface area contributed by atoms with E-state index in [1.807, 2.05) is 30.3 Å². The van der Waals surface area contributed by atoms with Gasteiger partial charge >= 0.3 is 0 Å². The molecule has 7 heteroatoms. The molecule has 0 fully saturated rings. The highest BCUT2D eigenvalue weighted by Gasteiger charge is 2.20. The van der Waals surface area contributed by atoms with Gasteiger partial charge in [0.25, 0.3) is 5.91 Å². The van der Waals surface area contributed by atoms with Crippen LogP contribution in [-0.4, -0.2) is 16.0 Å². The first-order valence-electron chi connectivity index (χ1n) is 7.72. The fourth-order valence-electron chi connectivity index (χ4n) is 2.61. The van der Waals surface area contributed by atoms with E-state index in [1.54, 1.807) is 35.6 Å². The number of nitrogens with zero attached hydrogens (tertiary/aromatic N) is 1. The van der Waals surface area contributed by atoms with Crippen molar-refractivity contribution in [1.82, 2.24) is 10.3 Å². The Bertz CT molecular complexity index is 912. The molecule has 25 heavy (non-hydrogen) atoms. The van der Waals surface area contributed by atoms with Crippen molar-refractivity contribution in [2.45, 2.75) is 22.6 Å². The number of anilines is 1. The SMILES string of the molecule is O=C(NCc1cncs1)c1ccc2c(c1)NC(O)c1ccccc1S2. The molecule has 1 aromatic heterocycles. The molecule has 2 heterocycles. The maximum Gasteiger partial charge on any atom is 0.251 e. The van der Waals surface area contributed by atoms with Crippen LogP contribution in [0.15, 0.2) is 64.0 Å². The number of rotatable bonds is 3. The molecule has 3 N–H and O–H groups in total. The number of thiazole rings is 1. The zero-order chi connectivity index (χ0) is 17.2. The highest BCUT2D eigenvalue weighted by molar-refractivity contribution is 7.99. The molecular weight excluding hydrogens is 354 g/mol. The topological polar surface area (TPSA) is 74.2 Å². The Kier molecular flexibility index (Phi) is 4.44. The molecule has 0 aliphatic carbocycles. The third kappa shape index (κ3) is 3.39. The number of aliphatic hydroxyl groups is 1. The van der Waals surface area contributed by atoms with Crippen LogP contribution in [-0.2, 0) is 6.54 Å². The largest absolute Gasteiger partial charge is 0.369 e. The summed E-state index contributed by atoms with van der Waals surface area (Å²) < 4.78 is 0. The summed E-state index contributed by atoms with van der Waals surface area (Å²) in [7, 11) is 0. The zero-order valence-corrected chi connectivity index (χ0v) is 14.7.